The van der Waals surface area contributed by atoms with Crippen molar-refractivity contribution in [1.82, 2.24) is 0 Å². The standard InChI is InChI=1S/C16H18O4S/c1-12(17)11-16(13-5-3-2-4-6-13)21(19,20)15-9-7-14(18)8-10-15/h2-10,12,16-18H,11H2,1H3. The summed E-state index contributed by atoms with van der Waals surface area (Å²) in [5, 5.41) is 18.1. The number of phenolic OH excluding ortho intramolecular Hbond substituents is 1. The van der Waals surface area contributed by atoms with Gasteiger partial charge in [-0.2, -0.15) is 0 Å². The molecule has 2 rings (SSSR count). The summed E-state index contributed by atoms with van der Waals surface area (Å²) in [4.78, 5) is 0.134. The van der Waals surface area contributed by atoms with E-state index >= 15 is 0 Å². The van der Waals surface area contributed by atoms with Crippen LogP contribution in [0, 0.1) is 0 Å². The molecule has 0 heterocycles. The fourth-order valence-electron chi connectivity index (χ4n) is 2.22. The summed E-state index contributed by atoms with van der Waals surface area (Å²) in [6.07, 6.45) is -0.616. The van der Waals surface area contributed by atoms with E-state index in [-0.39, 0.29) is 17.1 Å². The molecule has 0 amide bonds. The fourth-order valence-corrected chi connectivity index (χ4v) is 4.11. The molecule has 2 N–H and O–H groups in total. The maximum Gasteiger partial charge on any atom is 0.185 e. The van der Waals surface area contributed by atoms with E-state index in [4.69, 9.17) is 0 Å². The van der Waals surface area contributed by atoms with Crippen LogP contribution in [0.1, 0.15) is 24.2 Å². The maximum atomic E-state index is 12.8. The zero-order valence-electron chi connectivity index (χ0n) is 11.7. The van der Waals surface area contributed by atoms with Crippen molar-refractivity contribution >= 4 is 9.84 Å². The van der Waals surface area contributed by atoms with Crippen molar-refractivity contribution in [1.29, 1.82) is 0 Å². The zero-order valence-corrected chi connectivity index (χ0v) is 12.5. The molecule has 0 saturated heterocycles. The van der Waals surface area contributed by atoms with E-state index in [1.54, 1.807) is 31.2 Å². The van der Waals surface area contributed by atoms with Crippen LogP contribution in [-0.2, 0) is 9.84 Å². The summed E-state index contributed by atoms with van der Waals surface area (Å²) in [5.41, 5.74) is 0.645. The molecular weight excluding hydrogens is 288 g/mol. The summed E-state index contributed by atoms with van der Waals surface area (Å²) in [5.74, 6) is 0.0146. The Morgan fingerprint density at radius 2 is 1.57 bits per heavy atom. The first kappa shape index (κ1) is 15.5. The Bertz CT molecular complexity index is 676. The van der Waals surface area contributed by atoms with Crippen LogP contribution in [0.15, 0.2) is 59.5 Å². The van der Waals surface area contributed by atoms with Gasteiger partial charge in [0.1, 0.15) is 5.75 Å². The second-order valence-corrected chi connectivity index (χ2v) is 7.15. The molecule has 112 valence electrons. The first-order chi connectivity index (χ1) is 9.91. The summed E-state index contributed by atoms with van der Waals surface area (Å²) >= 11 is 0. The molecule has 0 aliphatic carbocycles. The highest BCUT2D eigenvalue weighted by Crippen LogP contribution is 2.33. The van der Waals surface area contributed by atoms with Gasteiger partial charge in [-0.25, -0.2) is 8.42 Å². The number of aromatic hydroxyl groups is 1. The van der Waals surface area contributed by atoms with Crippen LogP contribution in [0.2, 0.25) is 0 Å². The smallest absolute Gasteiger partial charge is 0.185 e. The monoisotopic (exact) mass is 306 g/mol. The van der Waals surface area contributed by atoms with Crippen LogP contribution in [0.5, 0.6) is 5.75 Å². The van der Waals surface area contributed by atoms with Gasteiger partial charge in [0, 0.05) is 0 Å². The van der Waals surface area contributed by atoms with Crippen LogP contribution in [0.25, 0.3) is 0 Å². The van der Waals surface area contributed by atoms with Gasteiger partial charge < -0.3 is 10.2 Å². The number of hydrogen-bond donors (Lipinski definition) is 2. The van der Waals surface area contributed by atoms with Crippen molar-refractivity contribution in [3.63, 3.8) is 0 Å². The number of rotatable bonds is 5. The van der Waals surface area contributed by atoms with Crippen molar-refractivity contribution in [2.45, 2.75) is 29.6 Å². The Morgan fingerprint density at radius 1 is 1.00 bits per heavy atom. The van der Waals surface area contributed by atoms with E-state index < -0.39 is 21.2 Å². The topological polar surface area (TPSA) is 74.6 Å². The van der Waals surface area contributed by atoms with Gasteiger partial charge in [-0.05, 0) is 43.2 Å². The molecule has 21 heavy (non-hydrogen) atoms. The molecule has 0 saturated carbocycles. The van der Waals surface area contributed by atoms with Gasteiger partial charge in [-0.15, -0.1) is 0 Å². The molecule has 0 aliphatic heterocycles. The lowest BCUT2D eigenvalue weighted by atomic mass is 10.1. The third-order valence-electron chi connectivity index (χ3n) is 3.27. The minimum absolute atomic E-state index is 0.0146. The normalized spacial score (nSPS) is 14.6. The van der Waals surface area contributed by atoms with Crippen molar-refractivity contribution < 1.29 is 18.6 Å². The summed E-state index contributed by atoms with van der Waals surface area (Å²) in [6.45, 7) is 1.57. The van der Waals surface area contributed by atoms with E-state index in [1.807, 2.05) is 6.07 Å². The number of benzene rings is 2. The summed E-state index contributed by atoms with van der Waals surface area (Å²) in [7, 11) is -3.64. The van der Waals surface area contributed by atoms with Gasteiger partial charge in [0.05, 0.1) is 16.2 Å². The average Bonchev–Trinajstić information content (AvgIpc) is 2.46. The van der Waals surface area contributed by atoms with E-state index in [0.717, 1.165) is 0 Å². The second-order valence-electron chi connectivity index (χ2n) is 5.02. The predicted molar refractivity (Wildman–Crippen MR) is 80.8 cm³/mol. The number of hydrogen-bond acceptors (Lipinski definition) is 4. The van der Waals surface area contributed by atoms with E-state index in [1.165, 1.54) is 24.3 Å². The molecule has 0 fully saturated rings. The lowest BCUT2D eigenvalue weighted by molar-refractivity contribution is 0.182. The van der Waals surface area contributed by atoms with Crippen LogP contribution < -0.4 is 0 Å². The lowest BCUT2D eigenvalue weighted by Gasteiger charge is -2.19. The first-order valence-electron chi connectivity index (χ1n) is 6.67. The fraction of sp³-hybridized carbons (Fsp3) is 0.250. The zero-order chi connectivity index (χ0) is 15.5. The third-order valence-corrected chi connectivity index (χ3v) is 5.41. The number of aliphatic hydroxyl groups is 1. The van der Waals surface area contributed by atoms with Crippen LogP contribution in [0.3, 0.4) is 0 Å². The molecule has 0 spiro atoms. The Hall–Kier alpha value is -1.85. The molecule has 0 aromatic heterocycles. The van der Waals surface area contributed by atoms with Gasteiger partial charge in [-0.3, -0.25) is 0 Å². The van der Waals surface area contributed by atoms with E-state index in [9.17, 15) is 18.6 Å². The number of aliphatic hydroxyl groups excluding tert-OH is 1. The van der Waals surface area contributed by atoms with Gasteiger partial charge in [0.2, 0.25) is 0 Å². The second kappa shape index (κ2) is 6.28. The highest BCUT2D eigenvalue weighted by molar-refractivity contribution is 7.91. The molecule has 4 nitrogen and oxygen atoms in total. The number of sulfone groups is 1. The molecule has 2 aromatic carbocycles. The third kappa shape index (κ3) is 3.62. The Morgan fingerprint density at radius 3 is 2.10 bits per heavy atom. The first-order valence-corrected chi connectivity index (χ1v) is 8.22. The SMILES string of the molecule is CC(O)CC(c1ccccc1)S(=O)(=O)c1ccc(O)cc1. The average molecular weight is 306 g/mol. The molecule has 2 aromatic rings. The van der Waals surface area contributed by atoms with E-state index in [2.05, 4.69) is 0 Å². The van der Waals surface area contributed by atoms with Crippen LogP contribution >= 0.6 is 0 Å². The highest BCUT2D eigenvalue weighted by atomic mass is 32.2. The predicted octanol–water partition coefficient (Wildman–Crippen LogP) is 2.68. The number of phenols is 1. The van der Waals surface area contributed by atoms with E-state index in [0.29, 0.717) is 5.56 Å². The van der Waals surface area contributed by atoms with Crippen molar-refractivity contribution in [2.75, 3.05) is 0 Å². The minimum atomic E-state index is -3.64. The molecule has 2 atom stereocenters. The Kier molecular flexibility index (Phi) is 4.65. The largest absolute Gasteiger partial charge is 0.508 e. The van der Waals surface area contributed by atoms with Crippen molar-refractivity contribution in [3.8, 4) is 5.75 Å². The van der Waals surface area contributed by atoms with Crippen molar-refractivity contribution in [3.05, 3.63) is 60.2 Å². The van der Waals surface area contributed by atoms with Gasteiger partial charge in [0.25, 0.3) is 0 Å². The molecule has 2 unspecified atom stereocenters. The van der Waals surface area contributed by atoms with Gasteiger partial charge >= 0.3 is 0 Å². The van der Waals surface area contributed by atoms with Gasteiger partial charge in [0.15, 0.2) is 9.84 Å². The minimum Gasteiger partial charge on any atom is -0.508 e. The Labute approximate surface area is 124 Å². The van der Waals surface area contributed by atoms with Crippen LogP contribution in [-0.4, -0.2) is 24.7 Å². The highest BCUT2D eigenvalue weighted by Gasteiger charge is 2.30. The lowest BCUT2D eigenvalue weighted by Crippen LogP contribution is -2.18. The molecular formula is C16H18O4S. The molecule has 0 radical (unpaired) electrons. The van der Waals surface area contributed by atoms with Crippen LogP contribution in [0.4, 0.5) is 0 Å². The van der Waals surface area contributed by atoms with Gasteiger partial charge in [-0.1, -0.05) is 30.3 Å². The Balaban J connectivity index is 2.47. The quantitative estimate of drug-likeness (QED) is 0.890. The molecule has 5 heteroatoms. The molecule has 0 aliphatic rings. The summed E-state index contributed by atoms with van der Waals surface area (Å²) in [6, 6.07) is 14.3. The summed E-state index contributed by atoms with van der Waals surface area (Å²) < 4.78 is 25.6. The maximum absolute atomic E-state index is 12.8. The van der Waals surface area contributed by atoms with Crippen molar-refractivity contribution in [2.24, 2.45) is 0 Å². The molecule has 0 bridgehead atoms.